The number of benzene rings is 2. The molecule has 25 heavy (non-hydrogen) atoms. The summed E-state index contributed by atoms with van der Waals surface area (Å²) in [6.45, 7) is 0. The summed E-state index contributed by atoms with van der Waals surface area (Å²) in [4.78, 5) is 0. The fourth-order valence-corrected chi connectivity index (χ4v) is 1.92. The van der Waals surface area contributed by atoms with Gasteiger partial charge in [0.15, 0.2) is 23.3 Å². The van der Waals surface area contributed by atoms with Crippen LogP contribution in [0, 0.1) is 35.2 Å². The Balaban J connectivity index is 2.90. The minimum atomic E-state index is -5.59. The summed E-state index contributed by atoms with van der Waals surface area (Å²) in [6.07, 6.45) is -10.8. The fourth-order valence-electron chi connectivity index (χ4n) is 1.92. The highest BCUT2D eigenvalue weighted by Crippen LogP contribution is 2.42. The van der Waals surface area contributed by atoms with E-state index in [1.54, 1.807) is 0 Å². The Labute approximate surface area is 131 Å². The first-order valence-corrected chi connectivity index (χ1v) is 5.98. The molecule has 0 spiro atoms. The van der Waals surface area contributed by atoms with E-state index < -0.39 is 69.8 Å². The molecule has 2 aromatic rings. The Morgan fingerprint density at radius 3 is 1.48 bits per heavy atom. The molecule has 0 fully saturated rings. The van der Waals surface area contributed by atoms with Gasteiger partial charge in [0.2, 0.25) is 5.82 Å². The third kappa shape index (κ3) is 3.27. The zero-order chi connectivity index (χ0) is 19.3. The van der Waals surface area contributed by atoms with E-state index in [0.717, 1.165) is 0 Å². The van der Waals surface area contributed by atoms with Crippen LogP contribution in [0.1, 0.15) is 11.1 Å². The minimum Gasteiger partial charge on any atom is -0.203 e. The van der Waals surface area contributed by atoms with Crippen molar-refractivity contribution in [3.8, 4) is 11.1 Å². The molecule has 1 radical (unpaired) electrons. The predicted octanol–water partition coefficient (Wildman–Crippen LogP) is 5.89. The van der Waals surface area contributed by atoms with E-state index in [1.807, 2.05) is 0 Å². The minimum absolute atomic E-state index is 0.0946. The van der Waals surface area contributed by atoms with Crippen molar-refractivity contribution in [1.82, 2.24) is 0 Å². The second-order valence-electron chi connectivity index (χ2n) is 4.62. The van der Waals surface area contributed by atoms with Crippen molar-refractivity contribution >= 4 is 0 Å². The van der Waals surface area contributed by atoms with Crippen LogP contribution in [-0.2, 0) is 12.4 Å². The Morgan fingerprint density at radius 2 is 1.08 bits per heavy atom. The van der Waals surface area contributed by atoms with Crippen molar-refractivity contribution in [2.24, 2.45) is 0 Å². The summed E-state index contributed by atoms with van der Waals surface area (Å²) < 4.78 is 143. The van der Waals surface area contributed by atoms with Crippen molar-refractivity contribution in [1.29, 1.82) is 0 Å². The SMILES string of the molecule is Fc1c(F)c(F)c(-c2[c]cc(C(F)(F)F)cc2C(F)(F)F)c(F)c1F. The lowest BCUT2D eigenvalue weighted by molar-refractivity contribution is -0.142. The first kappa shape index (κ1) is 19.0. The van der Waals surface area contributed by atoms with Crippen molar-refractivity contribution in [3.63, 3.8) is 0 Å². The number of rotatable bonds is 1. The Morgan fingerprint density at radius 1 is 0.640 bits per heavy atom. The zero-order valence-electron chi connectivity index (χ0n) is 11.3. The molecule has 0 unspecified atom stereocenters. The second kappa shape index (κ2) is 5.88. The summed E-state index contributed by atoms with van der Waals surface area (Å²) in [5.74, 6) is -13.0. The Kier molecular flexibility index (Phi) is 4.47. The van der Waals surface area contributed by atoms with E-state index in [9.17, 15) is 48.3 Å². The molecular formula is C14H2F11. The van der Waals surface area contributed by atoms with Gasteiger partial charge in [-0.05, 0) is 18.2 Å². The van der Waals surface area contributed by atoms with Crippen molar-refractivity contribution in [3.05, 3.63) is 58.4 Å². The molecule has 0 nitrogen and oxygen atoms in total. The van der Waals surface area contributed by atoms with Gasteiger partial charge in [-0.15, -0.1) is 0 Å². The van der Waals surface area contributed by atoms with E-state index >= 15 is 0 Å². The fraction of sp³-hybridized carbons (Fsp3) is 0.143. The molecule has 135 valence electrons. The normalized spacial score (nSPS) is 12.6. The standard InChI is InChI=1S/C14H2F11/c15-8-7(9(16)11(18)12(19)10(8)17)5-2-1-4(13(20,21)22)3-6(5)14(23,24)25/h1,3H. The van der Waals surface area contributed by atoms with E-state index in [4.69, 9.17) is 0 Å². The summed E-state index contributed by atoms with van der Waals surface area (Å²) in [7, 11) is 0. The van der Waals surface area contributed by atoms with Gasteiger partial charge in [-0.2, -0.15) is 26.3 Å². The third-order valence-corrected chi connectivity index (χ3v) is 3.03. The maximum Gasteiger partial charge on any atom is 0.417 e. The summed E-state index contributed by atoms with van der Waals surface area (Å²) >= 11 is 0. The molecule has 0 aliphatic heterocycles. The van der Waals surface area contributed by atoms with Gasteiger partial charge in [0.25, 0.3) is 0 Å². The van der Waals surface area contributed by atoms with E-state index in [0.29, 0.717) is 0 Å². The first-order valence-electron chi connectivity index (χ1n) is 5.98. The third-order valence-electron chi connectivity index (χ3n) is 3.03. The molecule has 2 aromatic carbocycles. The van der Waals surface area contributed by atoms with Crippen molar-refractivity contribution in [2.75, 3.05) is 0 Å². The molecule has 0 aromatic heterocycles. The Hall–Kier alpha value is -2.33. The van der Waals surface area contributed by atoms with Crippen LogP contribution in [0.2, 0.25) is 0 Å². The van der Waals surface area contributed by atoms with E-state index in [1.165, 1.54) is 6.07 Å². The average Bonchev–Trinajstić information content (AvgIpc) is 2.49. The molecule has 0 aliphatic carbocycles. The van der Waals surface area contributed by atoms with Crippen molar-refractivity contribution in [2.45, 2.75) is 12.4 Å². The summed E-state index contributed by atoms with van der Waals surface area (Å²) in [6, 6.07) is 0.710. The van der Waals surface area contributed by atoms with Crippen LogP contribution in [0.3, 0.4) is 0 Å². The van der Waals surface area contributed by atoms with Crippen LogP contribution < -0.4 is 0 Å². The van der Waals surface area contributed by atoms with Crippen LogP contribution >= 0.6 is 0 Å². The predicted molar refractivity (Wildman–Crippen MR) is 60.5 cm³/mol. The Bertz CT molecular complexity index is 801. The van der Waals surface area contributed by atoms with Gasteiger partial charge in [0.05, 0.1) is 16.7 Å². The topological polar surface area (TPSA) is 0 Å². The molecule has 11 heteroatoms. The van der Waals surface area contributed by atoms with Gasteiger partial charge in [-0.3, -0.25) is 0 Å². The van der Waals surface area contributed by atoms with Gasteiger partial charge in [-0.1, -0.05) is 0 Å². The number of hydrogen-bond acceptors (Lipinski definition) is 0. The van der Waals surface area contributed by atoms with Crippen molar-refractivity contribution < 1.29 is 48.3 Å². The van der Waals surface area contributed by atoms with Crippen LogP contribution in [-0.4, -0.2) is 0 Å². The van der Waals surface area contributed by atoms with Crippen LogP contribution in [0.25, 0.3) is 11.1 Å². The maximum absolute atomic E-state index is 13.7. The lowest BCUT2D eigenvalue weighted by atomic mass is 9.95. The van der Waals surface area contributed by atoms with Gasteiger partial charge in [0.1, 0.15) is 0 Å². The smallest absolute Gasteiger partial charge is 0.203 e. The largest absolute Gasteiger partial charge is 0.417 e. The van der Waals surface area contributed by atoms with Crippen LogP contribution in [0.5, 0.6) is 0 Å². The van der Waals surface area contributed by atoms with Gasteiger partial charge in [0, 0.05) is 5.56 Å². The van der Waals surface area contributed by atoms with Gasteiger partial charge in [-0.25, -0.2) is 22.0 Å². The first-order chi connectivity index (χ1) is 11.3. The molecule has 0 amide bonds. The quantitative estimate of drug-likeness (QED) is 0.330. The highest BCUT2D eigenvalue weighted by Gasteiger charge is 2.40. The highest BCUT2D eigenvalue weighted by molar-refractivity contribution is 5.69. The zero-order valence-corrected chi connectivity index (χ0v) is 11.3. The lowest BCUT2D eigenvalue weighted by Gasteiger charge is -2.17. The molecule has 0 bridgehead atoms. The second-order valence-corrected chi connectivity index (χ2v) is 4.62. The van der Waals surface area contributed by atoms with E-state index in [2.05, 4.69) is 0 Å². The number of halogens is 11. The average molecular weight is 379 g/mol. The number of alkyl halides is 6. The van der Waals surface area contributed by atoms with Gasteiger partial charge >= 0.3 is 12.4 Å². The molecule has 0 aliphatic rings. The maximum atomic E-state index is 13.7. The monoisotopic (exact) mass is 379 g/mol. The molecule has 0 saturated carbocycles. The summed E-state index contributed by atoms with van der Waals surface area (Å²) in [5, 5.41) is 0. The molecular weight excluding hydrogens is 377 g/mol. The van der Waals surface area contributed by atoms with E-state index in [-0.39, 0.29) is 6.07 Å². The van der Waals surface area contributed by atoms with Crippen LogP contribution in [0.4, 0.5) is 48.3 Å². The molecule has 0 N–H and O–H groups in total. The number of hydrogen-bond donors (Lipinski definition) is 0. The molecule has 0 saturated heterocycles. The van der Waals surface area contributed by atoms with Crippen LogP contribution in [0.15, 0.2) is 12.1 Å². The highest BCUT2D eigenvalue weighted by atomic mass is 19.4. The molecule has 0 heterocycles. The molecule has 2 rings (SSSR count). The van der Waals surface area contributed by atoms with Gasteiger partial charge < -0.3 is 0 Å². The molecule has 0 atom stereocenters. The lowest BCUT2D eigenvalue weighted by Crippen LogP contribution is -2.14. The summed E-state index contributed by atoms with van der Waals surface area (Å²) in [5.41, 5.74) is -7.90.